The summed E-state index contributed by atoms with van der Waals surface area (Å²) in [5.74, 6) is 0.592. The molecule has 1 unspecified atom stereocenters. The van der Waals surface area contributed by atoms with Gasteiger partial charge in [-0.3, -0.25) is 9.36 Å². The first-order chi connectivity index (χ1) is 12.5. The minimum atomic E-state index is 0.00141. The lowest BCUT2D eigenvalue weighted by molar-refractivity contribution is 0.428. The average molecular weight is 347 g/mol. The standard InChI is InChI=1S/C22H25N3O/c1-5-19(16-7-8-16)25-21-20(24-15(4)22(25)26)18(10-11-23-21)17-9-6-13(2)12-14(17)3/h6,9-12,16,19H,5,7-8H2,1-4H3. The van der Waals surface area contributed by atoms with Crippen LogP contribution in [0.5, 0.6) is 0 Å². The van der Waals surface area contributed by atoms with Crippen LogP contribution in [-0.2, 0) is 0 Å². The molecular formula is C22H25N3O. The minimum Gasteiger partial charge on any atom is -0.286 e. The molecule has 26 heavy (non-hydrogen) atoms. The molecule has 1 atom stereocenters. The van der Waals surface area contributed by atoms with Crippen molar-refractivity contribution in [1.29, 1.82) is 0 Å². The lowest BCUT2D eigenvalue weighted by Gasteiger charge is -2.21. The van der Waals surface area contributed by atoms with Crippen molar-refractivity contribution in [2.45, 2.75) is 53.0 Å². The molecule has 0 spiro atoms. The Kier molecular flexibility index (Phi) is 4.14. The highest BCUT2D eigenvalue weighted by Crippen LogP contribution is 2.42. The van der Waals surface area contributed by atoms with Gasteiger partial charge in [0.2, 0.25) is 0 Å². The Hall–Kier alpha value is -2.49. The molecule has 4 nitrogen and oxygen atoms in total. The van der Waals surface area contributed by atoms with Gasteiger partial charge in [-0.25, -0.2) is 9.97 Å². The summed E-state index contributed by atoms with van der Waals surface area (Å²) in [5.41, 5.74) is 6.76. The lowest BCUT2D eigenvalue weighted by Crippen LogP contribution is -2.29. The Morgan fingerprint density at radius 1 is 1.15 bits per heavy atom. The molecule has 3 aromatic rings. The van der Waals surface area contributed by atoms with Crippen molar-refractivity contribution in [2.24, 2.45) is 5.92 Å². The van der Waals surface area contributed by atoms with Gasteiger partial charge in [-0.1, -0.05) is 30.7 Å². The predicted octanol–water partition coefficient (Wildman–Crippen LogP) is 4.74. The molecule has 0 aliphatic heterocycles. The normalized spacial score (nSPS) is 15.4. The topological polar surface area (TPSA) is 47.8 Å². The van der Waals surface area contributed by atoms with Gasteiger partial charge < -0.3 is 0 Å². The van der Waals surface area contributed by atoms with Crippen LogP contribution in [-0.4, -0.2) is 14.5 Å². The fourth-order valence-electron chi connectivity index (χ4n) is 4.06. The summed E-state index contributed by atoms with van der Waals surface area (Å²) in [4.78, 5) is 22.2. The molecule has 1 aromatic carbocycles. The molecule has 0 radical (unpaired) electrons. The van der Waals surface area contributed by atoms with E-state index >= 15 is 0 Å². The Labute approximate surface area is 153 Å². The van der Waals surface area contributed by atoms with E-state index in [0.717, 1.165) is 28.7 Å². The van der Waals surface area contributed by atoms with Crippen LogP contribution in [0, 0.1) is 26.7 Å². The van der Waals surface area contributed by atoms with Crippen molar-refractivity contribution < 1.29 is 0 Å². The molecule has 1 aliphatic carbocycles. The van der Waals surface area contributed by atoms with E-state index in [2.05, 4.69) is 48.9 Å². The van der Waals surface area contributed by atoms with E-state index in [1.165, 1.54) is 24.0 Å². The number of fused-ring (bicyclic) bond motifs is 1. The maximum Gasteiger partial charge on any atom is 0.273 e. The number of pyridine rings is 1. The minimum absolute atomic E-state index is 0.00141. The van der Waals surface area contributed by atoms with Gasteiger partial charge >= 0.3 is 0 Å². The second-order valence-electron chi connectivity index (χ2n) is 7.53. The van der Waals surface area contributed by atoms with Crippen LogP contribution in [0.25, 0.3) is 22.3 Å². The monoisotopic (exact) mass is 347 g/mol. The zero-order chi connectivity index (χ0) is 18.4. The highest BCUT2D eigenvalue weighted by atomic mass is 16.1. The second-order valence-corrected chi connectivity index (χ2v) is 7.53. The predicted molar refractivity (Wildman–Crippen MR) is 105 cm³/mol. The van der Waals surface area contributed by atoms with E-state index in [9.17, 15) is 4.79 Å². The molecule has 2 heterocycles. The first-order valence-corrected chi connectivity index (χ1v) is 9.46. The Bertz CT molecular complexity index is 1050. The quantitative estimate of drug-likeness (QED) is 0.684. The van der Waals surface area contributed by atoms with Crippen molar-refractivity contribution in [1.82, 2.24) is 14.5 Å². The third kappa shape index (κ3) is 2.74. The Morgan fingerprint density at radius 2 is 1.92 bits per heavy atom. The summed E-state index contributed by atoms with van der Waals surface area (Å²) >= 11 is 0. The summed E-state index contributed by atoms with van der Waals surface area (Å²) in [5, 5.41) is 0. The lowest BCUT2D eigenvalue weighted by atomic mass is 9.98. The number of aryl methyl sites for hydroxylation is 3. The third-order valence-electron chi connectivity index (χ3n) is 5.53. The summed E-state index contributed by atoms with van der Waals surface area (Å²) in [6.07, 6.45) is 5.15. The second kappa shape index (κ2) is 6.35. The summed E-state index contributed by atoms with van der Waals surface area (Å²) in [6, 6.07) is 8.68. The van der Waals surface area contributed by atoms with Crippen LogP contribution in [0.15, 0.2) is 35.3 Å². The van der Waals surface area contributed by atoms with Crippen LogP contribution >= 0.6 is 0 Å². The van der Waals surface area contributed by atoms with Crippen LogP contribution in [0.2, 0.25) is 0 Å². The molecular weight excluding hydrogens is 322 g/mol. The van der Waals surface area contributed by atoms with E-state index in [1.807, 2.05) is 23.8 Å². The highest BCUT2D eigenvalue weighted by Gasteiger charge is 2.33. The number of rotatable bonds is 4. The molecule has 134 valence electrons. The Morgan fingerprint density at radius 3 is 2.58 bits per heavy atom. The highest BCUT2D eigenvalue weighted by molar-refractivity contribution is 5.90. The summed E-state index contributed by atoms with van der Waals surface area (Å²) in [7, 11) is 0. The van der Waals surface area contributed by atoms with Gasteiger partial charge in [0.1, 0.15) is 11.2 Å². The maximum absolute atomic E-state index is 12.9. The molecule has 0 bridgehead atoms. The maximum atomic E-state index is 12.9. The van der Waals surface area contributed by atoms with Gasteiger partial charge in [-0.05, 0) is 63.1 Å². The molecule has 4 heteroatoms. The first-order valence-electron chi connectivity index (χ1n) is 9.46. The first kappa shape index (κ1) is 17.0. The Balaban J connectivity index is 2.03. The van der Waals surface area contributed by atoms with Crippen molar-refractivity contribution in [2.75, 3.05) is 0 Å². The van der Waals surface area contributed by atoms with Crippen molar-refractivity contribution in [3.8, 4) is 11.1 Å². The van der Waals surface area contributed by atoms with Gasteiger partial charge in [-0.15, -0.1) is 0 Å². The molecule has 2 aromatic heterocycles. The van der Waals surface area contributed by atoms with Crippen LogP contribution < -0.4 is 5.56 Å². The van der Waals surface area contributed by atoms with Gasteiger partial charge in [0.15, 0.2) is 5.65 Å². The number of hydrogen-bond donors (Lipinski definition) is 0. The van der Waals surface area contributed by atoms with Crippen LogP contribution in [0.4, 0.5) is 0 Å². The molecule has 1 aliphatic rings. The average Bonchev–Trinajstić information content (AvgIpc) is 3.44. The van der Waals surface area contributed by atoms with Crippen molar-refractivity contribution >= 4 is 11.2 Å². The zero-order valence-corrected chi connectivity index (χ0v) is 15.9. The van der Waals surface area contributed by atoms with Gasteiger partial charge in [-0.2, -0.15) is 0 Å². The van der Waals surface area contributed by atoms with E-state index in [4.69, 9.17) is 0 Å². The fraction of sp³-hybridized carbons (Fsp3) is 0.409. The molecule has 0 N–H and O–H groups in total. The van der Waals surface area contributed by atoms with Crippen LogP contribution in [0.1, 0.15) is 49.0 Å². The number of nitrogens with zero attached hydrogens (tertiary/aromatic N) is 3. The number of hydrogen-bond acceptors (Lipinski definition) is 3. The summed E-state index contributed by atoms with van der Waals surface area (Å²) < 4.78 is 1.92. The summed E-state index contributed by atoms with van der Waals surface area (Å²) in [6.45, 7) is 8.20. The largest absolute Gasteiger partial charge is 0.286 e. The SMILES string of the molecule is CCC(C1CC1)n1c(=O)c(C)nc2c(-c3ccc(C)cc3C)ccnc21. The van der Waals surface area contributed by atoms with E-state index in [0.29, 0.717) is 11.6 Å². The molecule has 1 saturated carbocycles. The van der Waals surface area contributed by atoms with Gasteiger partial charge in [0.25, 0.3) is 5.56 Å². The number of aromatic nitrogens is 3. The molecule has 1 fully saturated rings. The van der Waals surface area contributed by atoms with E-state index < -0.39 is 0 Å². The van der Waals surface area contributed by atoms with E-state index in [-0.39, 0.29) is 11.6 Å². The van der Waals surface area contributed by atoms with Gasteiger partial charge in [0, 0.05) is 17.8 Å². The fourth-order valence-corrected chi connectivity index (χ4v) is 4.06. The smallest absolute Gasteiger partial charge is 0.273 e. The van der Waals surface area contributed by atoms with Crippen LogP contribution in [0.3, 0.4) is 0 Å². The number of benzene rings is 1. The zero-order valence-electron chi connectivity index (χ0n) is 15.9. The van der Waals surface area contributed by atoms with Crippen molar-refractivity contribution in [3.63, 3.8) is 0 Å². The molecule has 0 saturated heterocycles. The van der Waals surface area contributed by atoms with Crippen molar-refractivity contribution in [3.05, 3.63) is 57.6 Å². The van der Waals surface area contributed by atoms with E-state index in [1.54, 1.807) is 0 Å². The molecule has 0 amide bonds. The molecule has 4 rings (SSSR count). The third-order valence-corrected chi connectivity index (χ3v) is 5.53. The van der Waals surface area contributed by atoms with Gasteiger partial charge in [0.05, 0.1) is 0 Å².